The number of nitriles is 1. The Labute approximate surface area is 120 Å². The average Bonchev–Trinajstić information content (AvgIpc) is 2.53. The van der Waals surface area contributed by atoms with E-state index in [1.807, 2.05) is 24.3 Å². The lowest BCUT2D eigenvalue weighted by molar-refractivity contribution is 0.408. The number of methoxy groups -OCH3 is 1. The highest BCUT2D eigenvalue weighted by Crippen LogP contribution is 2.28. The van der Waals surface area contributed by atoms with Crippen molar-refractivity contribution >= 4 is 0 Å². The minimum atomic E-state index is -0.182. The van der Waals surface area contributed by atoms with Gasteiger partial charge in [0.25, 0.3) is 0 Å². The largest absolute Gasteiger partial charge is 0.496 e. The molecule has 0 aliphatic heterocycles. The molecule has 0 saturated carbocycles. The fourth-order valence-electron chi connectivity index (χ4n) is 2.33. The van der Waals surface area contributed by atoms with E-state index in [0.29, 0.717) is 6.42 Å². The predicted octanol–water partition coefficient (Wildman–Crippen LogP) is 4.11. The number of nitrogens with zero attached hydrogens (tertiary/aromatic N) is 1. The Balaban J connectivity index is 2.22. The van der Waals surface area contributed by atoms with Crippen molar-refractivity contribution in [1.29, 1.82) is 5.26 Å². The Kier molecular flexibility index (Phi) is 4.79. The molecule has 0 saturated heterocycles. The van der Waals surface area contributed by atoms with E-state index in [1.165, 1.54) is 11.1 Å². The molecule has 1 atom stereocenters. The molecule has 0 aromatic heterocycles. The summed E-state index contributed by atoms with van der Waals surface area (Å²) in [6.45, 7) is 2.14. The van der Waals surface area contributed by atoms with Crippen LogP contribution in [0.5, 0.6) is 5.75 Å². The summed E-state index contributed by atoms with van der Waals surface area (Å²) in [5.74, 6) is 0.600. The zero-order chi connectivity index (χ0) is 14.4. The van der Waals surface area contributed by atoms with Crippen LogP contribution in [0.3, 0.4) is 0 Å². The summed E-state index contributed by atoms with van der Waals surface area (Å²) in [5.41, 5.74) is 3.45. The number of para-hydroxylation sites is 1. The number of rotatable bonds is 5. The first-order valence-electron chi connectivity index (χ1n) is 6.88. The first kappa shape index (κ1) is 14.1. The van der Waals surface area contributed by atoms with Gasteiger partial charge in [-0.25, -0.2) is 0 Å². The molecule has 0 aliphatic rings. The van der Waals surface area contributed by atoms with Gasteiger partial charge < -0.3 is 4.74 Å². The molecule has 2 heteroatoms. The molecule has 102 valence electrons. The zero-order valence-corrected chi connectivity index (χ0v) is 12.0. The van der Waals surface area contributed by atoms with Crippen LogP contribution in [-0.2, 0) is 12.8 Å². The molecule has 0 radical (unpaired) electrons. The van der Waals surface area contributed by atoms with Gasteiger partial charge in [0.2, 0.25) is 0 Å². The van der Waals surface area contributed by atoms with E-state index in [4.69, 9.17) is 4.74 Å². The van der Waals surface area contributed by atoms with Crippen molar-refractivity contribution in [2.75, 3.05) is 7.11 Å². The highest BCUT2D eigenvalue weighted by atomic mass is 16.5. The van der Waals surface area contributed by atoms with Gasteiger partial charge in [-0.1, -0.05) is 49.4 Å². The number of ether oxygens (including phenoxy) is 1. The first-order valence-corrected chi connectivity index (χ1v) is 6.88. The number of aryl methyl sites for hydroxylation is 1. The molecule has 2 aromatic rings. The predicted molar refractivity (Wildman–Crippen MR) is 80.9 cm³/mol. The third kappa shape index (κ3) is 3.19. The third-order valence-corrected chi connectivity index (χ3v) is 3.54. The molecule has 0 bridgehead atoms. The molecule has 2 nitrogen and oxygen atoms in total. The first-order chi connectivity index (χ1) is 9.78. The molecule has 0 N–H and O–H groups in total. The Morgan fingerprint density at radius 2 is 1.70 bits per heavy atom. The van der Waals surface area contributed by atoms with Gasteiger partial charge in [0, 0.05) is 5.56 Å². The van der Waals surface area contributed by atoms with Crippen LogP contribution >= 0.6 is 0 Å². The van der Waals surface area contributed by atoms with E-state index in [9.17, 15) is 5.26 Å². The average molecular weight is 265 g/mol. The highest BCUT2D eigenvalue weighted by molar-refractivity contribution is 5.40. The Bertz CT molecular complexity index is 596. The lowest BCUT2D eigenvalue weighted by Gasteiger charge is -2.13. The molecule has 0 fully saturated rings. The van der Waals surface area contributed by atoms with Crippen molar-refractivity contribution in [3.05, 3.63) is 65.2 Å². The minimum absolute atomic E-state index is 0.182. The fourth-order valence-corrected chi connectivity index (χ4v) is 2.33. The molecule has 20 heavy (non-hydrogen) atoms. The van der Waals surface area contributed by atoms with Crippen LogP contribution in [0, 0.1) is 11.3 Å². The summed E-state index contributed by atoms with van der Waals surface area (Å²) in [6.07, 6.45) is 1.75. The summed E-state index contributed by atoms with van der Waals surface area (Å²) >= 11 is 0. The molecular formula is C18H19NO. The SMILES string of the molecule is CCc1ccc(CC(C#N)c2ccccc2OC)cc1. The van der Waals surface area contributed by atoms with Crippen LogP contribution in [0.4, 0.5) is 0 Å². The maximum Gasteiger partial charge on any atom is 0.123 e. The fraction of sp³-hybridized carbons (Fsp3) is 0.278. The van der Waals surface area contributed by atoms with Crippen LogP contribution in [0.25, 0.3) is 0 Å². The van der Waals surface area contributed by atoms with Crippen LogP contribution in [0.1, 0.15) is 29.5 Å². The van der Waals surface area contributed by atoms with Crippen LogP contribution in [-0.4, -0.2) is 7.11 Å². The van der Waals surface area contributed by atoms with Crippen molar-refractivity contribution in [3.8, 4) is 11.8 Å². The summed E-state index contributed by atoms with van der Waals surface area (Å²) in [5, 5.41) is 9.46. The molecule has 2 aromatic carbocycles. The third-order valence-electron chi connectivity index (χ3n) is 3.54. The summed E-state index contributed by atoms with van der Waals surface area (Å²) < 4.78 is 5.35. The molecule has 2 rings (SSSR count). The summed E-state index contributed by atoms with van der Waals surface area (Å²) in [6, 6.07) is 18.6. The van der Waals surface area contributed by atoms with Crippen LogP contribution in [0.2, 0.25) is 0 Å². The quantitative estimate of drug-likeness (QED) is 0.815. The maximum atomic E-state index is 9.46. The molecular weight excluding hydrogens is 246 g/mol. The highest BCUT2D eigenvalue weighted by Gasteiger charge is 2.15. The van der Waals surface area contributed by atoms with Gasteiger partial charge in [0.1, 0.15) is 5.75 Å². The molecule has 0 aliphatic carbocycles. The number of hydrogen-bond acceptors (Lipinski definition) is 2. The van der Waals surface area contributed by atoms with Crippen molar-refractivity contribution < 1.29 is 4.74 Å². The zero-order valence-electron chi connectivity index (χ0n) is 12.0. The van der Waals surface area contributed by atoms with Gasteiger partial charge in [0.15, 0.2) is 0 Å². The number of hydrogen-bond donors (Lipinski definition) is 0. The van der Waals surface area contributed by atoms with Crippen molar-refractivity contribution in [2.45, 2.75) is 25.7 Å². The van der Waals surface area contributed by atoms with E-state index in [-0.39, 0.29) is 5.92 Å². The van der Waals surface area contributed by atoms with E-state index in [2.05, 4.69) is 37.3 Å². The van der Waals surface area contributed by atoms with E-state index in [1.54, 1.807) is 7.11 Å². The lowest BCUT2D eigenvalue weighted by atomic mass is 9.92. The number of benzene rings is 2. The maximum absolute atomic E-state index is 9.46. The second-order valence-corrected chi connectivity index (χ2v) is 4.80. The molecule has 1 unspecified atom stereocenters. The van der Waals surface area contributed by atoms with Crippen molar-refractivity contribution in [2.24, 2.45) is 0 Å². The van der Waals surface area contributed by atoms with E-state index < -0.39 is 0 Å². The van der Waals surface area contributed by atoms with Gasteiger partial charge in [0.05, 0.1) is 19.1 Å². The second kappa shape index (κ2) is 6.77. The Hall–Kier alpha value is -2.27. The molecule has 0 heterocycles. The second-order valence-electron chi connectivity index (χ2n) is 4.80. The van der Waals surface area contributed by atoms with E-state index >= 15 is 0 Å². The standard InChI is InChI=1S/C18H19NO/c1-3-14-8-10-15(11-9-14)12-16(13-19)17-6-4-5-7-18(17)20-2/h4-11,16H,3,12H2,1-2H3. The van der Waals surface area contributed by atoms with E-state index in [0.717, 1.165) is 17.7 Å². The summed E-state index contributed by atoms with van der Waals surface area (Å²) in [4.78, 5) is 0. The smallest absolute Gasteiger partial charge is 0.123 e. The van der Waals surface area contributed by atoms with Crippen LogP contribution in [0.15, 0.2) is 48.5 Å². The molecule has 0 amide bonds. The van der Waals surface area contributed by atoms with Crippen molar-refractivity contribution in [3.63, 3.8) is 0 Å². The van der Waals surface area contributed by atoms with Gasteiger partial charge in [-0.2, -0.15) is 5.26 Å². The monoisotopic (exact) mass is 265 g/mol. The van der Waals surface area contributed by atoms with Gasteiger partial charge >= 0.3 is 0 Å². The van der Waals surface area contributed by atoms with Crippen molar-refractivity contribution in [1.82, 2.24) is 0 Å². The van der Waals surface area contributed by atoms with Gasteiger partial charge in [-0.15, -0.1) is 0 Å². The molecule has 0 spiro atoms. The van der Waals surface area contributed by atoms with Gasteiger partial charge in [-0.05, 0) is 30.0 Å². The normalized spacial score (nSPS) is 11.7. The minimum Gasteiger partial charge on any atom is -0.496 e. The van der Waals surface area contributed by atoms with Crippen LogP contribution < -0.4 is 4.74 Å². The van der Waals surface area contributed by atoms with Gasteiger partial charge in [-0.3, -0.25) is 0 Å². The topological polar surface area (TPSA) is 33.0 Å². The lowest BCUT2D eigenvalue weighted by Crippen LogP contribution is -2.03. The summed E-state index contributed by atoms with van der Waals surface area (Å²) in [7, 11) is 1.64. The Morgan fingerprint density at radius 3 is 2.30 bits per heavy atom. The Morgan fingerprint density at radius 1 is 1.05 bits per heavy atom.